The lowest BCUT2D eigenvalue weighted by atomic mass is 9.88. The number of hydrogen-bond acceptors (Lipinski definition) is 9. The number of amides is 3. The SMILES string of the molecule is CC(=O)O[C@@]1(Sc2ccccc2)C(=O)N(C(=O)c2ccccc2)[C@H]1c1ccccc1.CC(=O)O[C@@]1(Sc2ccccc2)C(=O)N(C)[C@H]1P. The maximum atomic E-state index is 13.4. The fourth-order valence-corrected chi connectivity index (χ4v) is 8.53. The maximum Gasteiger partial charge on any atom is 0.304 e. The molecule has 2 heterocycles. The highest BCUT2D eigenvalue weighted by molar-refractivity contribution is 8.01. The molecule has 0 spiro atoms. The first-order valence-corrected chi connectivity index (χ1v) is 17.2. The zero-order valence-electron chi connectivity index (χ0n) is 26.3. The number of imide groups is 1. The summed E-state index contributed by atoms with van der Waals surface area (Å²) in [7, 11) is 4.23. The predicted molar refractivity (Wildman–Crippen MR) is 187 cm³/mol. The minimum atomic E-state index is -1.56. The first kappa shape index (κ1) is 34.9. The Labute approximate surface area is 289 Å². The minimum Gasteiger partial charge on any atom is -0.435 e. The lowest BCUT2D eigenvalue weighted by Gasteiger charge is -2.52. The van der Waals surface area contributed by atoms with Crippen LogP contribution in [0.3, 0.4) is 0 Å². The van der Waals surface area contributed by atoms with Crippen LogP contribution in [0.4, 0.5) is 0 Å². The van der Waals surface area contributed by atoms with Crippen LogP contribution in [-0.4, -0.2) is 62.2 Å². The second-order valence-electron chi connectivity index (χ2n) is 10.9. The van der Waals surface area contributed by atoms with E-state index in [0.717, 1.165) is 21.6 Å². The molecule has 9 nitrogen and oxygen atoms in total. The highest BCUT2D eigenvalue weighted by atomic mass is 32.2. The molecule has 246 valence electrons. The molecule has 48 heavy (non-hydrogen) atoms. The number of thioether (sulfide) groups is 2. The van der Waals surface area contributed by atoms with E-state index < -0.39 is 39.7 Å². The molecule has 0 aromatic heterocycles. The van der Waals surface area contributed by atoms with Crippen molar-refractivity contribution in [2.45, 2.75) is 45.3 Å². The van der Waals surface area contributed by atoms with Gasteiger partial charge in [-0.1, -0.05) is 108 Å². The van der Waals surface area contributed by atoms with Gasteiger partial charge in [0.1, 0.15) is 11.8 Å². The van der Waals surface area contributed by atoms with Crippen LogP contribution in [0, 0.1) is 0 Å². The molecule has 12 heteroatoms. The molecule has 4 aromatic carbocycles. The Morgan fingerprint density at radius 1 is 0.646 bits per heavy atom. The van der Waals surface area contributed by atoms with E-state index in [0.29, 0.717) is 11.1 Å². The Kier molecular flexibility index (Phi) is 10.7. The molecular formula is C36H33N2O7PS2. The van der Waals surface area contributed by atoms with Gasteiger partial charge in [0.2, 0.25) is 0 Å². The zero-order chi connectivity index (χ0) is 34.5. The summed E-state index contributed by atoms with van der Waals surface area (Å²) in [6.07, 6.45) is 0. The average Bonchev–Trinajstić information content (AvgIpc) is 3.10. The summed E-state index contributed by atoms with van der Waals surface area (Å²) < 4.78 is 10.9. The van der Waals surface area contributed by atoms with Crippen LogP contribution in [0.2, 0.25) is 0 Å². The lowest BCUT2D eigenvalue weighted by molar-refractivity contribution is -0.184. The van der Waals surface area contributed by atoms with Gasteiger partial charge in [0.25, 0.3) is 27.6 Å². The number of benzene rings is 4. The molecule has 2 aliphatic heterocycles. The van der Waals surface area contributed by atoms with Gasteiger partial charge in [0.05, 0.1) is 0 Å². The third-order valence-electron chi connectivity index (χ3n) is 7.53. The number of β-lactam (4-membered cyclic amide) rings is 2. The quantitative estimate of drug-likeness (QED) is 0.0701. The number of carbonyl (C=O) groups is 5. The van der Waals surface area contributed by atoms with E-state index in [9.17, 15) is 24.0 Å². The summed E-state index contributed by atoms with van der Waals surface area (Å²) >= 11 is 2.42. The van der Waals surface area contributed by atoms with Crippen LogP contribution in [0.1, 0.15) is 35.8 Å². The molecule has 5 atom stereocenters. The van der Waals surface area contributed by atoms with Crippen molar-refractivity contribution in [1.29, 1.82) is 0 Å². The Hall–Kier alpha value is -4.44. The third kappa shape index (κ3) is 6.90. The van der Waals surface area contributed by atoms with E-state index in [1.165, 1.54) is 30.5 Å². The molecule has 0 N–H and O–H groups in total. The Morgan fingerprint density at radius 3 is 1.52 bits per heavy atom. The van der Waals surface area contributed by atoms with Gasteiger partial charge in [-0.05, 0) is 42.0 Å². The van der Waals surface area contributed by atoms with Crippen LogP contribution in [0.5, 0.6) is 0 Å². The van der Waals surface area contributed by atoms with Crippen LogP contribution >= 0.6 is 32.8 Å². The van der Waals surface area contributed by atoms with Crippen molar-refractivity contribution in [3.63, 3.8) is 0 Å². The standard InChI is InChI=1S/C24H19NO4S.C12H14NO3PS/c1-17(26)29-24(30-20-15-9-4-10-16-20)21(18-11-5-2-6-12-18)25(23(24)28)22(27)19-13-7-3-8-14-19;1-8(14)16-12(10(15)13(2)11(12)17)18-9-6-4-3-5-7-9/h2-16,21H,1H3;3-7,11H,17H2,1-2H3/t21-,24-;11-,12+/m00/s1. The normalized spacial score (nSPS) is 22.8. The molecule has 0 aliphatic carbocycles. The van der Waals surface area contributed by atoms with E-state index in [-0.39, 0.29) is 11.7 Å². The molecule has 4 aromatic rings. The van der Waals surface area contributed by atoms with E-state index in [1.54, 1.807) is 42.3 Å². The van der Waals surface area contributed by atoms with Crippen LogP contribution in [0.25, 0.3) is 0 Å². The van der Waals surface area contributed by atoms with Crippen molar-refractivity contribution in [1.82, 2.24) is 9.80 Å². The van der Waals surface area contributed by atoms with Crippen LogP contribution in [0.15, 0.2) is 131 Å². The predicted octanol–water partition coefficient (Wildman–Crippen LogP) is 6.17. The van der Waals surface area contributed by atoms with E-state index in [2.05, 4.69) is 9.24 Å². The van der Waals surface area contributed by atoms with Gasteiger partial charge in [-0.25, -0.2) is 0 Å². The van der Waals surface area contributed by atoms with Crippen LogP contribution < -0.4 is 0 Å². The second-order valence-corrected chi connectivity index (χ2v) is 14.1. The minimum absolute atomic E-state index is 0.188. The number of rotatable bonds is 8. The number of carbonyl (C=O) groups excluding carboxylic acids is 5. The van der Waals surface area contributed by atoms with Crippen molar-refractivity contribution in [2.75, 3.05) is 7.05 Å². The van der Waals surface area contributed by atoms with E-state index in [4.69, 9.17) is 9.47 Å². The molecule has 1 unspecified atom stereocenters. The molecule has 2 saturated heterocycles. The number of likely N-dealkylation sites (N-methyl/N-ethyl adjacent to an activating group) is 1. The molecule has 2 fully saturated rings. The van der Waals surface area contributed by atoms with E-state index >= 15 is 0 Å². The van der Waals surface area contributed by atoms with Gasteiger partial charge < -0.3 is 14.4 Å². The summed E-state index contributed by atoms with van der Waals surface area (Å²) in [5.41, 5.74) is 1.11. The fourth-order valence-electron chi connectivity index (χ4n) is 5.33. The molecule has 0 bridgehead atoms. The fraction of sp³-hybridized carbons (Fsp3) is 0.194. The lowest BCUT2D eigenvalue weighted by Crippen LogP contribution is -2.69. The van der Waals surface area contributed by atoms with Gasteiger partial charge in [0.15, 0.2) is 0 Å². The molecule has 0 saturated carbocycles. The first-order valence-electron chi connectivity index (χ1n) is 14.9. The van der Waals surface area contributed by atoms with Gasteiger partial charge >= 0.3 is 11.9 Å². The monoisotopic (exact) mass is 700 g/mol. The summed E-state index contributed by atoms with van der Waals surface area (Å²) in [4.78, 5) is 63.6. The largest absolute Gasteiger partial charge is 0.435 e. The zero-order valence-corrected chi connectivity index (χ0v) is 29.1. The van der Waals surface area contributed by atoms with Gasteiger partial charge in [-0.3, -0.25) is 28.9 Å². The average molecular weight is 701 g/mol. The first-order chi connectivity index (χ1) is 23.0. The topological polar surface area (TPSA) is 110 Å². The Morgan fingerprint density at radius 2 is 1.06 bits per heavy atom. The van der Waals surface area contributed by atoms with Crippen molar-refractivity contribution < 1.29 is 33.4 Å². The second kappa shape index (κ2) is 14.8. The summed E-state index contributed by atoms with van der Waals surface area (Å²) in [5, 5.41) is 0. The third-order valence-corrected chi connectivity index (χ3v) is 11.3. The summed E-state index contributed by atoms with van der Waals surface area (Å²) in [5.74, 6) is -2.42. The number of nitrogens with zero attached hydrogens (tertiary/aromatic N) is 2. The number of esters is 2. The van der Waals surface area contributed by atoms with Crippen molar-refractivity contribution in [3.05, 3.63) is 132 Å². The highest BCUT2D eigenvalue weighted by Gasteiger charge is 2.67. The van der Waals surface area contributed by atoms with Crippen molar-refractivity contribution >= 4 is 62.4 Å². The highest BCUT2D eigenvalue weighted by Crippen LogP contribution is 2.55. The molecule has 3 amide bonds. The molecular weight excluding hydrogens is 668 g/mol. The summed E-state index contributed by atoms with van der Waals surface area (Å²) in [6, 6.07) is 35.7. The maximum absolute atomic E-state index is 13.4. The smallest absolute Gasteiger partial charge is 0.304 e. The van der Waals surface area contributed by atoms with Gasteiger partial charge in [-0.15, -0.1) is 9.24 Å². The number of ether oxygens (including phenoxy) is 2. The Balaban J connectivity index is 0.000000214. The number of hydrogen-bond donors (Lipinski definition) is 0. The molecule has 2 aliphatic rings. The molecule has 0 radical (unpaired) electrons. The van der Waals surface area contributed by atoms with Crippen molar-refractivity contribution in [2.24, 2.45) is 0 Å². The van der Waals surface area contributed by atoms with Crippen molar-refractivity contribution in [3.8, 4) is 0 Å². The Bertz CT molecular complexity index is 1800. The van der Waals surface area contributed by atoms with Gasteiger partial charge in [0, 0.05) is 36.2 Å². The van der Waals surface area contributed by atoms with Crippen LogP contribution in [-0.2, 0) is 28.7 Å². The number of likely N-dealkylation sites (tertiary alicyclic amines) is 2. The molecule has 6 rings (SSSR count). The van der Waals surface area contributed by atoms with E-state index in [1.807, 2.05) is 91.0 Å². The van der Waals surface area contributed by atoms with Gasteiger partial charge in [-0.2, -0.15) is 0 Å². The summed E-state index contributed by atoms with van der Waals surface area (Å²) in [6.45, 7) is 2.58.